The minimum absolute atomic E-state index is 0.0965. The molecule has 1 heterocycles. The molecule has 86 valence electrons. The number of hydrogen-bond acceptors (Lipinski definition) is 4. The van der Waals surface area contributed by atoms with Crippen LogP contribution in [-0.2, 0) is 6.67 Å². The fourth-order valence-corrected chi connectivity index (χ4v) is 1.43. The zero-order chi connectivity index (χ0) is 11.3. The summed E-state index contributed by atoms with van der Waals surface area (Å²) in [6.45, 7) is 5.89. The maximum Gasteiger partial charge on any atom is 0.0930 e. The normalized spacial score (nSPS) is 11.3. The lowest BCUT2D eigenvalue weighted by Crippen LogP contribution is -2.32. The molecule has 0 amide bonds. The predicted molar refractivity (Wildman–Crippen MR) is 57.4 cm³/mol. The Hall–Kier alpha value is -0.910. The molecule has 2 N–H and O–H groups in total. The summed E-state index contributed by atoms with van der Waals surface area (Å²) in [5.74, 6) is 0. The number of aliphatic hydroxyl groups is 2. The molecule has 0 aliphatic carbocycles. The van der Waals surface area contributed by atoms with Crippen LogP contribution in [0.3, 0.4) is 0 Å². The second-order valence-corrected chi connectivity index (χ2v) is 3.64. The van der Waals surface area contributed by atoms with E-state index in [1.807, 2.05) is 29.6 Å². The van der Waals surface area contributed by atoms with Gasteiger partial charge in [0.2, 0.25) is 0 Å². The molecule has 1 aromatic heterocycles. The van der Waals surface area contributed by atoms with Crippen LogP contribution in [0.2, 0.25) is 0 Å². The topological polar surface area (TPSA) is 61.5 Å². The van der Waals surface area contributed by atoms with E-state index in [4.69, 9.17) is 10.2 Å². The summed E-state index contributed by atoms with van der Waals surface area (Å²) in [4.78, 5) is 1.95. The highest BCUT2D eigenvalue weighted by Gasteiger charge is 2.06. The SMILES string of the molecule is Cc1cn(CN(CCO)CCO)nc1C. The summed E-state index contributed by atoms with van der Waals surface area (Å²) in [7, 11) is 0. The highest BCUT2D eigenvalue weighted by molar-refractivity contribution is 5.12. The number of aryl methyl sites for hydroxylation is 2. The third-order valence-corrected chi connectivity index (χ3v) is 2.37. The summed E-state index contributed by atoms with van der Waals surface area (Å²) in [6.07, 6.45) is 1.97. The lowest BCUT2D eigenvalue weighted by atomic mass is 10.3. The molecule has 0 aromatic carbocycles. The summed E-state index contributed by atoms with van der Waals surface area (Å²) < 4.78 is 1.83. The maximum absolute atomic E-state index is 8.85. The summed E-state index contributed by atoms with van der Waals surface area (Å²) in [5, 5.41) is 22.0. The van der Waals surface area contributed by atoms with Crippen molar-refractivity contribution in [1.82, 2.24) is 14.7 Å². The first-order chi connectivity index (χ1) is 7.17. The fourth-order valence-electron chi connectivity index (χ4n) is 1.43. The van der Waals surface area contributed by atoms with Crippen molar-refractivity contribution in [1.29, 1.82) is 0 Å². The molecule has 0 atom stereocenters. The fraction of sp³-hybridized carbons (Fsp3) is 0.700. The maximum atomic E-state index is 8.85. The average molecular weight is 213 g/mol. The van der Waals surface area contributed by atoms with E-state index in [2.05, 4.69) is 5.10 Å². The van der Waals surface area contributed by atoms with Crippen molar-refractivity contribution in [2.75, 3.05) is 26.3 Å². The minimum atomic E-state index is 0.0965. The Balaban J connectivity index is 2.56. The monoisotopic (exact) mass is 213 g/mol. The van der Waals surface area contributed by atoms with Gasteiger partial charge in [-0.15, -0.1) is 0 Å². The van der Waals surface area contributed by atoms with Crippen LogP contribution < -0.4 is 0 Å². The molecule has 0 fully saturated rings. The number of aromatic nitrogens is 2. The molecule has 0 saturated carbocycles. The van der Waals surface area contributed by atoms with E-state index in [9.17, 15) is 0 Å². The Labute approximate surface area is 89.9 Å². The van der Waals surface area contributed by atoms with E-state index in [0.717, 1.165) is 11.3 Å². The van der Waals surface area contributed by atoms with Crippen molar-refractivity contribution in [3.63, 3.8) is 0 Å². The summed E-state index contributed by atoms with van der Waals surface area (Å²) >= 11 is 0. The van der Waals surface area contributed by atoms with E-state index in [0.29, 0.717) is 19.8 Å². The van der Waals surface area contributed by atoms with Crippen LogP contribution in [0.4, 0.5) is 0 Å². The first kappa shape index (κ1) is 12.2. The first-order valence-corrected chi connectivity index (χ1v) is 5.12. The van der Waals surface area contributed by atoms with Crippen LogP contribution in [-0.4, -0.2) is 51.2 Å². The Bertz CT molecular complexity index is 273. The standard InChI is InChI=1S/C10H19N3O2/c1-9-7-13(11-10(9)2)8-12(3-5-14)4-6-15/h7,14-15H,3-6,8H2,1-2H3. The quantitative estimate of drug-likeness (QED) is 0.683. The molecule has 0 saturated heterocycles. The van der Waals surface area contributed by atoms with Gasteiger partial charge >= 0.3 is 0 Å². The minimum Gasteiger partial charge on any atom is -0.395 e. The Morgan fingerprint density at radius 2 is 1.87 bits per heavy atom. The van der Waals surface area contributed by atoms with E-state index in [1.54, 1.807) is 0 Å². The lowest BCUT2D eigenvalue weighted by molar-refractivity contribution is 0.129. The molecular formula is C10H19N3O2. The van der Waals surface area contributed by atoms with Gasteiger partial charge in [0.15, 0.2) is 0 Å². The molecule has 5 nitrogen and oxygen atoms in total. The molecule has 0 spiro atoms. The molecule has 1 aromatic rings. The van der Waals surface area contributed by atoms with Crippen molar-refractivity contribution in [3.05, 3.63) is 17.5 Å². The van der Waals surface area contributed by atoms with Crippen molar-refractivity contribution < 1.29 is 10.2 Å². The molecule has 0 radical (unpaired) electrons. The molecule has 0 bridgehead atoms. The van der Waals surface area contributed by atoms with Gasteiger partial charge in [0.25, 0.3) is 0 Å². The molecule has 5 heteroatoms. The number of nitrogens with zero attached hydrogens (tertiary/aromatic N) is 3. The van der Waals surface area contributed by atoms with Gasteiger partial charge in [-0.25, -0.2) is 0 Å². The largest absolute Gasteiger partial charge is 0.395 e. The molecule has 0 unspecified atom stereocenters. The highest BCUT2D eigenvalue weighted by atomic mass is 16.3. The van der Waals surface area contributed by atoms with E-state index in [1.165, 1.54) is 0 Å². The second-order valence-electron chi connectivity index (χ2n) is 3.64. The zero-order valence-electron chi connectivity index (χ0n) is 9.35. The smallest absolute Gasteiger partial charge is 0.0930 e. The number of rotatable bonds is 6. The van der Waals surface area contributed by atoms with Gasteiger partial charge < -0.3 is 10.2 Å². The summed E-state index contributed by atoms with van der Waals surface area (Å²) in [6, 6.07) is 0. The van der Waals surface area contributed by atoms with Crippen molar-refractivity contribution >= 4 is 0 Å². The Morgan fingerprint density at radius 1 is 1.27 bits per heavy atom. The molecule has 0 aliphatic heterocycles. The van der Waals surface area contributed by atoms with Crippen LogP contribution in [0.5, 0.6) is 0 Å². The average Bonchev–Trinajstić information content (AvgIpc) is 2.47. The lowest BCUT2D eigenvalue weighted by Gasteiger charge is -2.19. The second kappa shape index (κ2) is 5.85. The van der Waals surface area contributed by atoms with Crippen molar-refractivity contribution in [2.45, 2.75) is 20.5 Å². The van der Waals surface area contributed by atoms with Gasteiger partial charge in [0, 0.05) is 19.3 Å². The van der Waals surface area contributed by atoms with Gasteiger partial charge in [0.1, 0.15) is 0 Å². The Kier molecular flexibility index (Phi) is 4.74. The van der Waals surface area contributed by atoms with Gasteiger partial charge in [0.05, 0.1) is 25.6 Å². The first-order valence-electron chi connectivity index (χ1n) is 5.12. The van der Waals surface area contributed by atoms with E-state index in [-0.39, 0.29) is 13.2 Å². The Morgan fingerprint density at radius 3 is 2.27 bits per heavy atom. The van der Waals surface area contributed by atoms with Gasteiger partial charge in [-0.2, -0.15) is 5.10 Å². The molecule has 1 rings (SSSR count). The van der Waals surface area contributed by atoms with Crippen LogP contribution in [0.15, 0.2) is 6.20 Å². The van der Waals surface area contributed by atoms with Crippen molar-refractivity contribution in [3.8, 4) is 0 Å². The highest BCUT2D eigenvalue weighted by Crippen LogP contribution is 2.03. The molecular weight excluding hydrogens is 194 g/mol. The van der Waals surface area contributed by atoms with Crippen molar-refractivity contribution in [2.24, 2.45) is 0 Å². The van der Waals surface area contributed by atoms with E-state index < -0.39 is 0 Å². The summed E-state index contributed by atoms with van der Waals surface area (Å²) in [5.41, 5.74) is 2.17. The van der Waals surface area contributed by atoms with Crippen LogP contribution in [0.1, 0.15) is 11.3 Å². The van der Waals surface area contributed by atoms with Crippen LogP contribution in [0, 0.1) is 13.8 Å². The van der Waals surface area contributed by atoms with E-state index >= 15 is 0 Å². The molecule has 15 heavy (non-hydrogen) atoms. The molecule has 0 aliphatic rings. The third kappa shape index (κ3) is 3.62. The third-order valence-electron chi connectivity index (χ3n) is 2.37. The zero-order valence-corrected chi connectivity index (χ0v) is 9.35. The van der Waals surface area contributed by atoms with Crippen LogP contribution in [0.25, 0.3) is 0 Å². The number of aliphatic hydroxyl groups excluding tert-OH is 2. The predicted octanol–water partition coefficient (Wildman–Crippen LogP) is -0.256. The number of hydrogen-bond donors (Lipinski definition) is 2. The van der Waals surface area contributed by atoms with Crippen LogP contribution >= 0.6 is 0 Å². The van der Waals surface area contributed by atoms with Gasteiger partial charge in [-0.05, 0) is 19.4 Å². The van der Waals surface area contributed by atoms with Gasteiger partial charge in [-0.1, -0.05) is 0 Å². The van der Waals surface area contributed by atoms with Gasteiger partial charge in [-0.3, -0.25) is 9.58 Å².